The number of hydrogen-bond donors (Lipinski definition) is 2. The summed E-state index contributed by atoms with van der Waals surface area (Å²) in [5, 5.41) is 9.37. The van der Waals surface area contributed by atoms with Crippen molar-refractivity contribution in [1.82, 2.24) is 19.4 Å². The van der Waals surface area contributed by atoms with E-state index < -0.39 is 26.6 Å². The summed E-state index contributed by atoms with van der Waals surface area (Å²) in [5.74, 6) is -1.76. The third-order valence-corrected chi connectivity index (χ3v) is 7.48. The second-order valence-electron chi connectivity index (χ2n) is 7.84. The van der Waals surface area contributed by atoms with Gasteiger partial charge in [0, 0.05) is 37.6 Å². The number of nitrogens with zero attached hydrogens (tertiary/aromatic N) is 3. The summed E-state index contributed by atoms with van der Waals surface area (Å²) >= 11 is 0. The Labute approximate surface area is 196 Å². The number of amides is 2. The van der Waals surface area contributed by atoms with Gasteiger partial charge in [-0.2, -0.15) is 9.40 Å². The predicted molar refractivity (Wildman–Crippen MR) is 124 cm³/mol. The van der Waals surface area contributed by atoms with Crippen LogP contribution in [0.25, 0.3) is 5.69 Å². The van der Waals surface area contributed by atoms with E-state index in [1.54, 1.807) is 36.5 Å². The maximum absolute atomic E-state index is 14.4. The third-order valence-electron chi connectivity index (χ3n) is 5.56. The van der Waals surface area contributed by atoms with Gasteiger partial charge in [0.15, 0.2) is 5.69 Å². The molecule has 0 atom stereocenters. The van der Waals surface area contributed by atoms with Crippen molar-refractivity contribution in [1.29, 1.82) is 0 Å². The van der Waals surface area contributed by atoms with Crippen molar-refractivity contribution in [3.8, 4) is 5.69 Å². The second-order valence-corrected chi connectivity index (χ2v) is 9.74. The van der Waals surface area contributed by atoms with Crippen LogP contribution in [0, 0.1) is 5.82 Å². The number of benzene rings is 2. The molecule has 4 rings (SSSR count). The number of carbonyl (C=O) groups is 2. The molecule has 11 heteroatoms. The topological polar surface area (TPSA) is 113 Å². The van der Waals surface area contributed by atoms with Gasteiger partial charge in [-0.25, -0.2) is 17.5 Å². The minimum Gasteiger partial charge on any atom is -0.354 e. The Kier molecular flexibility index (Phi) is 6.75. The summed E-state index contributed by atoms with van der Waals surface area (Å²) < 4.78 is 43.0. The molecule has 2 aromatic carbocycles. The molecule has 0 unspecified atom stereocenters. The van der Waals surface area contributed by atoms with Crippen molar-refractivity contribution in [2.24, 2.45) is 0 Å². The van der Waals surface area contributed by atoms with Crippen LogP contribution in [0.4, 0.5) is 10.1 Å². The highest BCUT2D eigenvalue weighted by Crippen LogP contribution is 2.24. The van der Waals surface area contributed by atoms with E-state index in [-0.39, 0.29) is 17.2 Å². The van der Waals surface area contributed by atoms with Gasteiger partial charge in [-0.3, -0.25) is 9.59 Å². The number of nitrogens with one attached hydrogen (secondary N) is 2. The van der Waals surface area contributed by atoms with Gasteiger partial charge in [0.25, 0.3) is 11.8 Å². The van der Waals surface area contributed by atoms with E-state index in [4.69, 9.17) is 0 Å². The Morgan fingerprint density at radius 2 is 1.68 bits per heavy atom. The predicted octanol–water partition coefficient (Wildman–Crippen LogP) is 2.80. The minimum absolute atomic E-state index is 0.0309. The molecule has 1 aliphatic heterocycles. The van der Waals surface area contributed by atoms with Crippen molar-refractivity contribution in [3.05, 3.63) is 71.8 Å². The number of halogens is 1. The summed E-state index contributed by atoms with van der Waals surface area (Å²) in [6, 6.07) is 11.6. The van der Waals surface area contributed by atoms with Crippen molar-refractivity contribution >= 4 is 27.5 Å². The Hall–Kier alpha value is -3.57. The van der Waals surface area contributed by atoms with Gasteiger partial charge in [0.05, 0.1) is 5.69 Å². The molecule has 0 aliphatic carbocycles. The number of aromatic nitrogens is 2. The average Bonchev–Trinajstić information content (AvgIpc) is 3.35. The molecule has 1 aromatic heterocycles. The van der Waals surface area contributed by atoms with Crippen molar-refractivity contribution in [3.63, 3.8) is 0 Å². The minimum atomic E-state index is -4.02. The summed E-state index contributed by atoms with van der Waals surface area (Å²) in [4.78, 5) is 23.9. The molecule has 2 heterocycles. The smallest absolute Gasteiger partial charge is 0.271 e. The Bertz CT molecular complexity index is 1320. The maximum atomic E-state index is 14.4. The van der Waals surface area contributed by atoms with E-state index in [9.17, 15) is 22.4 Å². The molecule has 3 aromatic rings. The van der Waals surface area contributed by atoms with Gasteiger partial charge >= 0.3 is 0 Å². The molecule has 0 spiro atoms. The molecule has 0 saturated carbocycles. The fraction of sp³-hybridized carbons (Fsp3) is 0.261. The van der Waals surface area contributed by atoms with E-state index in [1.165, 1.54) is 22.1 Å². The lowest BCUT2D eigenvalue weighted by atomic mass is 10.2. The van der Waals surface area contributed by atoms with Crippen LogP contribution in [-0.2, 0) is 10.0 Å². The standard InChI is InChI=1S/C23H24FN5O4S/c1-25-23(31)20-11-14-29(27-20)18-8-6-17(7-9-18)26-22(30)16-5-10-19(24)21(15-16)34(32,33)28-12-3-2-4-13-28/h5-11,14-15H,2-4,12-13H2,1H3,(H,25,31)(H,26,30). The largest absolute Gasteiger partial charge is 0.354 e. The molecule has 1 aliphatic rings. The van der Waals surface area contributed by atoms with Crippen LogP contribution in [0.15, 0.2) is 59.6 Å². The molecule has 1 saturated heterocycles. The van der Waals surface area contributed by atoms with E-state index in [0.717, 1.165) is 31.4 Å². The van der Waals surface area contributed by atoms with Gasteiger partial charge in [-0.1, -0.05) is 6.42 Å². The van der Waals surface area contributed by atoms with E-state index in [0.29, 0.717) is 24.5 Å². The lowest BCUT2D eigenvalue weighted by Gasteiger charge is -2.26. The molecule has 34 heavy (non-hydrogen) atoms. The Morgan fingerprint density at radius 1 is 0.971 bits per heavy atom. The Balaban J connectivity index is 1.50. The monoisotopic (exact) mass is 485 g/mol. The van der Waals surface area contributed by atoms with Gasteiger partial charge < -0.3 is 10.6 Å². The van der Waals surface area contributed by atoms with Crippen LogP contribution >= 0.6 is 0 Å². The van der Waals surface area contributed by atoms with Gasteiger partial charge in [-0.15, -0.1) is 0 Å². The molecular formula is C23H24FN5O4S. The van der Waals surface area contributed by atoms with E-state index >= 15 is 0 Å². The SMILES string of the molecule is CNC(=O)c1ccn(-c2ccc(NC(=O)c3ccc(F)c(S(=O)(=O)N4CCCCC4)c3)cc2)n1. The van der Waals surface area contributed by atoms with Crippen LogP contribution < -0.4 is 10.6 Å². The van der Waals surface area contributed by atoms with Crippen LogP contribution in [0.3, 0.4) is 0 Å². The summed E-state index contributed by atoms with van der Waals surface area (Å²) in [7, 11) is -2.50. The number of carbonyl (C=O) groups excluding carboxylic acids is 2. The quantitative estimate of drug-likeness (QED) is 0.558. The summed E-state index contributed by atoms with van der Waals surface area (Å²) in [6.07, 6.45) is 4.03. The second kappa shape index (κ2) is 9.74. The van der Waals surface area contributed by atoms with Crippen molar-refractivity contribution in [2.45, 2.75) is 24.2 Å². The zero-order valence-corrected chi connectivity index (χ0v) is 19.3. The van der Waals surface area contributed by atoms with E-state index in [1.807, 2.05) is 0 Å². The molecule has 1 fully saturated rings. The highest BCUT2D eigenvalue weighted by Gasteiger charge is 2.29. The van der Waals surface area contributed by atoms with Gasteiger partial charge in [-0.05, 0) is 61.4 Å². The molecule has 0 bridgehead atoms. The lowest BCUT2D eigenvalue weighted by molar-refractivity contribution is 0.0956. The van der Waals surface area contributed by atoms with E-state index in [2.05, 4.69) is 15.7 Å². The fourth-order valence-electron chi connectivity index (χ4n) is 3.70. The first-order valence-electron chi connectivity index (χ1n) is 10.8. The fourth-order valence-corrected chi connectivity index (χ4v) is 5.31. The highest BCUT2D eigenvalue weighted by molar-refractivity contribution is 7.89. The molecule has 9 nitrogen and oxygen atoms in total. The molecule has 2 amide bonds. The molecule has 2 N–H and O–H groups in total. The number of hydrogen-bond acceptors (Lipinski definition) is 5. The summed E-state index contributed by atoms with van der Waals surface area (Å²) in [6.45, 7) is 0.677. The number of anilines is 1. The summed E-state index contributed by atoms with van der Waals surface area (Å²) in [5.41, 5.74) is 1.43. The maximum Gasteiger partial charge on any atom is 0.271 e. The first-order chi connectivity index (χ1) is 16.3. The highest BCUT2D eigenvalue weighted by atomic mass is 32.2. The normalized spacial score (nSPS) is 14.5. The first kappa shape index (κ1) is 23.6. The van der Waals surface area contributed by atoms with Crippen LogP contribution in [0.5, 0.6) is 0 Å². The third kappa shape index (κ3) is 4.85. The van der Waals surface area contributed by atoms with Gasteiger partial charge in [0.2, 0.25) is 10.0 Å². The molecular weight excluding hydrogens is 461 g/mol. The molecule has 178 valence electrons. The number of piperidine rings is 1. The number of sulfonamides is 1. The zero-order valence-electron chi connectivity index (χ0n) is 18.5. The van der Waals surface area contributed by atoms with Crippen LogP contribution in [0.2, 0.25) is 0 Å². The average molecular weight is 486 g/mol. The van der Waals surface area contributed by atoms with Crippen molar-refractivity contribution in [2.75, 3.05) is 25.5 Å². The van der Waals surface area contributed by atoms with Crippen LogP contribution in [-0.4, -0.2) is 54.5 Å². The molecule has 0 radical (unpaired) electrons. The lowest BCUT2D eigenvalue weighted by Crippen LogP contribution is -2.36. The Morgan fingerprint density at radius 3 is 2.35 bits per heavy atom. The first-order valence-corrected chi connectivity index (χ1v) is 12.2. The number of rotatable bonds is 6. The van der Waals surface area contributed by atoms with Crippen molar-refractivity contribution < 1.29 is 22.4 Å². The van der Waals surface area contributed by atoms with Crippen LogP contribution in [0.1, 0.15) is 40.1 Å². The zero-order chi connectivity index (χ0) is 24.3. The van der Waals surface area contributed by atoms with Gasteiger partial charge in [0.1, 0.15) is 10.7 Å².